The predicted octanol–water partition coefficient (Wildman–Crippen LogP) is 3.41. The molecule has 0 unspecified atom stereocenters. The number of benzene rings is 2. The fraction of sp³-hybridized carbons (Fsp3) is 0.211. The van der Waals surface area contributed by atoms with Crippen molar-refractivity contribution in [2.75, 3.05) is 22.1 Å². The summed E-state index contributed by atoms with van der Waals surface area (Å²) in [6, 6.07) is 10.2. The van der Waals surface area contributed by atoms with Crippen molar-refractivity contribution in [3.8, 4) is 0 Å². The van der Waals surface area contributed by atoms with E-state index in [1.807, 2.05) is 0 Å². The summed E-state index contributed by atoms with van der Waals surface area (Å²) in [5.41, 5.74) is 0.264. The minimum Gasteiger partial charge on any atom is -0.318 e. The van der Waals surface area contributed by atoms with E-state index in [1.54, 1.807) is 29.2 Å². The Morgan fingerprint density at radius 2 is 1.36 bits per heavy atom. The van der Waals surface area contributed by atoms with Crippen molar-refractivity contribution in [2.45, 2.75) is 19.0 Å². The summed E-state index contributed by atoms with van der Waals surface area (Å²) in [4.78, 5) is 37.2. The van der Waals surface area contributed by atoms with Gasteiger partial charge in [0.25, 0.3) is 0 Å². The van der Waals surface area contributed by atoms with Crippen molar-refractivity contribution < 1.29 is 27.6 Å². The number of nitrogens with zero attached hydrogens (tertiary/aromatic N) is 1. The van der Waals surface area contributed by atoms with Gasteiger partial charge in [0.05, 0.1) is 5.56 Å². The topological polar surface area (TPSA) is 78.5 Å². The Hall–Kier alpha value is -3.36. The maximum absolute atomic E-state index is 12.5. The number of amides is 3. The molecule has 0 saturated carbocycles. The molecule has 3 rings (SSSR count). The van der Waals surface area contributed by atoms with E-state index >= 15 is 0 Å². The summed E-state index contributed by atoms with van der Waals surface area (Å²) in [6.07, 6.45) is -3.18. The van der Waals surface area contributed by atoms with E-state index in [2.05, 4.69) is 10.6 Å². The second-order valence-electron chi connectivity index (χ2n) is 6.18. The normalized spacial score (nSPS) is 14.1. The third kappa shape index (κ3) is 4.48. The lowest BCUT2D eigenvalue weighted by Crippen LogP contribution is -2.29. The number of hydrogen-bond acceptors (Lipinski definition) is 3. The minimum atomic E-state index is -4.48. The van der Waals surface area contributed by atoms with Gasteiger partial charge >= 0.3 is 18.0 Å². The number of anilines is 3. The molecule has 0 spiro atoms. The second kappa shape index (κ2) is 7.71. The lowest BCUT2D eigenvalue weighted by atomic mass is 10.2. The molecule has 0 radical (unpaired) electrons. The van der Waals surface area contributed by atoms with Gasteiger partial charge in [-0.3, -0.25) is 14.4 Å². The van der Waals surface area contributed by atoms with Crippen LogP contribution in [0.4, 0.5) is 30.2 Å². The van der Waals surface area contributed by atoms with Crippen LogP contribution < -0.4 is 15.5 Å². The molecular weight excluding hydrogens is 375 g/mol. The van der Waals surface area contributed by atoms with Crippen molar-refractivity contribution in [1.29, 1.82) is 0 Å². The van der Waals surface area contributed by atoms with E-state index in [9.17, 15) is 27.6 Å². The first-order chi connectivity index (χ1) is 13.2. The quantitative estimate of drug-likeness (QED) is 0.787. The third-order valence-electron chi connectivity index (χ3n) is 4.19. The van der Waals surface area contributed by atoms with Crippen LogP contribution in [0.5, 0.6) is 0 Å². The highest BCUT2D eigenvalue weighted by Gasteiger charge is 2.30. The Kier molecular flexibility index (Phi) is 5.34. The van der Waals surface area contributed by atoms with Crippen molar-refractivity contribution >= 4 is 34.8 Å². The van der Waals surface area contributed by atoms with Gasteiger partial charge in [0.15, 0.2) is 0 Å². The molecule has 0 aromatic heterocycles. The highest BCUT2D eigenvalue weighted by Crippen LogP contribution is 2.29. The Bertz CT molecular complexity index is 893. The first-order valence-electron chi connectivity index (χ1n) is 8.44. The zero-order chi connectivity index (χ0) is 20.3. The van der Waals surface area contributed by atoms with Crippen LogP contribution in [0.25, 0.3) is 0 Å². The molecule has 28 heavy (non-hydrogen) atoms. The molecule has 1 saturated heterocycles. The summed E-state index contributed by atoms with van der Waals surface area (Å²) in [6.45, 7) is 0.639. The second-order valence-corrected chi connectivity index (χ2v) is 6.18. The summed E-state index contributed by atoms with van der Waals surface area (Å²) >= 11 is 0. The zero-order valence-electron chi connectivity index (χ0n) is 14.5. The Labute approximate surface area is 158 Å². The fourth-order valence-corrected chi connectivity index (χ4v) is 2.76. The third-order valence-corrected chi connectivity index (χ3v) is 4.19. The maximum Gasteiger partial charge on any atom is 0.416 e. The number of rotatable bonds is 3. The van der Waals surface area contributed by atoms with Crippen molar-refractivity contribution in [3.05, 3.63) is 54.1 Å². The van der Waals surface area contributed by atoms with Crippen LogP contribution in [0.3, 0.4) is 0 Å². The molecule has 1 aliphatic rings. The summed E-state index contributed by atoms with van der Waals surface area (Å²) in [5.74, 6) is -1.95. The fourth-order valence-electron chi connectivity index (χ4n) is 2.76. The van der Waals surface area contributed by atoms with E-state index in [-0.39, 0.29) is 11.6 Å². The average molecular weight is 391 g/mol. The highest BCUT2D eigenvalue weighted by molar-refractivity contribution is 6.43. The molecule has 3 amide bonds. The summed E-state index contributed by atoms with van der Waals surface area (Å²) in [7, 11) is 0. The molecule has 2 N–H and O–H groups in total. The molecule has 0 aliphatic carbocycles. The number of halogens is 3. The number of carbonyl (C=O) groups excluding carboxylic acids is 3. The van der Waals surface area contributed by atoms with Gasteiger partial charge in [-0.2, -0.15) is 13.2 Å². The van der Waals surface area contributed by atoms with Crippen LogP contribution in [0.2, 0.25) is 0 Å². The number of carbonyl (C=O) groups is 3. The van der Waals surface area contributed by atoms with Crippen molar-refractivity contribution in [2.24, 2.45) is 0 Å². The van der Waals surface area contributed by atoms with Gasteiger partial charge in [0.1, 0.15) is 0 Å². The molecule has 2 aromatic rings. The molecule has 0 bridgehead atoms. The lowest BCUT2D eigenvalue weighted by molar-refractivity contribution is -0.137. The molecule has 1 aliphatic heterocycles. The van der Waals surface area contributed by atoms with E-state index in [0.29, 0.717) is 24.3 Å². The zero-order valence-corrected chi connectivity index (χ0v) is 14.5. The predicted molar refractivity (Wildman–Crippen MR) is 96.7 cm³/mol. The van der Waals surface area contributed by atoms with Crippen molar-refractivity contribution in [3.63, 3.8) is 0 Å². The van der Waals surface area contributed by atoms with Gasteiger partial charge in [-0.25, -0.2) is 0 Å². The largest absolute Gasteiger partial charge is 0.416 e. The number of nitrogens with one attached hydrogen (secondary N) is 2. The molecule has 6 nitrogen and oxygen atoms in total. The number of hydrogen-bond donors (Lipinski definition) is 2. The molecule has 1 fully saturated rings. The van der Waals surface area contributed by atoms with Gasteiger partial charge < -0.3 is 15.5 Å². The van der Waals surface area contributed by atoms with Crippen LogP contribution in [0.15, 0.2) is 48.5 Å². The van der Waals surface area contributed by atoms with Crippen LogP contribution in [-0.4, -0.2) is 24.3 Å². The Balaban J connectivity index is 1.58. The van der Waals surface area contributed by atoms with Gasteiger partial charge in [-0.15, -0.1) is 0 Å². The highest BCUT2D eigenvalue weighted by atomic mass is 19.4. The Morgan fingerprint density at radius 3 is 1.79 bits per heavy atom. The van der Waals surface area contributed by atoms with E-state index < -0.39 is 23.6 Å². The molecule has 9 heteroatoms. The maximum atomic E-state index is 12.5. The molecular formula is C19H16F3N3O3. The monoisotopic (exact) mass is 391 g/mol. The Morgan fingerprint density at radius 1 is 0.857 bits per heavy atom. The number of alkyl halides is 3. The van der Waals surface area contributed by atoms with Crippen LogP contribution >= 0.6 is 0 Å². The molecule has 2 aromatic carbocycles. The smallest absolute Gasteiger partial charge is 0.318 e. The lowest BCUT2D eigenvalue weighted by Gasteiger charge is -2.16. The van der Waals surface area contributed by atoms with E-state index in [1.165, 1.54) is 0 Å². The van der Waals surface area contributed by atoms with Gasteiger partial charge in [-0.1, -0.05) is 0 Å². The molecule has 146 valence electrons. The van der Waals surface area contributed by atoms with Crippen LogP contribution in [0, 0.1) is 0 Å². The van der Waals surface area contributed by atoms with Crippen LogP contribution in [-0.2, 0) is 20.6 Å². The summed E-state index contributed by atoms with van der Waals surface area (Å²) in [5, 5.41) is 4.62. The minimum absolute atomic E-state index is 0.0349. The molecule has 1 heterocycles. The standard InChI is InChI=1S/C19H16F3N3O3/c20-19(21,22)12-3-5-13(6-4-12)23-17(27)18(28)24-14-7-9-15(10-8-14)25-11-1-2-16(25)26/h3-10H,1-2,11H2,(H,23,27)(H,24,28). The van der Waals surface area contributed by atoms with Gasteiger partial charge in [0, 0.05) is 30.0 Å². The van der Waals surface area contributed by atoms with E-state index in [0.717, 1.165) is 30.7 Å². The van der Waals surface area contributed by atoms with Gasteiger partial charge in [-0.05, 0) is 55.0 Å². The average Bonchev–Trinajstić information content (AvgIpc) is 3.08. The molecule has 0 atom stereocenters. The first-order valence-corrected chi connectivity index (χ1v) is 8.44. The SMILES string of the molecule is O=C(Nc1ccc(N2CCCC2=O)cc1)C(=O)Nc1ccc(C(F)(F)F)cc1. The first kappa shape index (κ1) is 19.4. The van der Waals surface area contributed by atoms with Gasteiger partial charge in [0.2, 0.25) is 5.91 Å². The van der Waals surface area contributed by atoms with Crippen molar-refractivity contribution in [1.82, 2.24) is 0 Å². The summed E-state index contributed by atoms with van der Waals surface area (Å²) < 4.78 is 37.6. The van der Waals surface area contributed by atoms with E-state index in [4.69, 9.17) is 0 Å². The van der Waals surface area contributed by atoms with Crippen LogP contribution in [0.1, 0.15) is 18.4 Å².